The van der Waals surface area contributed by atoms with E-state index in [9.17, 15) is 0 Å². The summed E-state index contributed by atoms with van der Waals surface area (Å²) in [6.07, 6.45) is 38.2. The highest BCUT2D eigenvalue weighted by atomic mass is 15.3. The zero-order chi connectivity index (χ0) is 104. The summed E-state index contributed by atoms with van der Waals surface area (Å²) in [7, 11) is 11.6. The number of hydrogen-bond acceptors (Lipinski definition) is 22. The van der Waals surface area contributed by atoms with E-state index in [2.05, 4.69) is 366 Å². The molecule has 0 aromatic carbocycles. The Morgan fingerprint density at radius 2 is 0.857 bits per heavy atom. The van der Waals surface area contributed by atoms with E-state index < -0.39 is 0 Å². The average molecular weight is 1900 g/mol. The van der Waals surface area contributed by atoms with E-state index in [1.807, 2.05) is 181 Å². The van der Waals surface area contributed by atoms with Crippen molar-refractivity contribution in [3.8, 4) is 0 Å². The number of hydrogen-bond donors (Lipinski definition) is 0. The van der Waals surface area contributed by atoms with Crippen LogP contribution >= 0.6 is 0 Å². The van der Waals surface area contributed by atoms with Crippen molar-refractivity contribution in [2.24, 2.45) is 47.7 Å². The second-order valence-corrected chi connectivity index (χ2v) is 46.2. The third kappa shape index (κ3) is 27.6. The van der Waals surface area contributed by atoms with Gasteiger partial charge in [0.1, 0.15) is 41.4 Å². The topological polar surface area (TPSA) is 331 Å². The van der Waals surface area contributed by atoms with Gasteiger partial charge in [0.15, 0.2) is 50.8 Å². The summed E-state index contributed by atoms with van der Waals surface area (Å²) < 4.78 is 19.0. The zero-order valence-electron chi connectivity index (χ0n) is 90.6. The molecule has 20 heterocycles. The van der Waals surface area contributed by atoms with Crippen molar-refractivity contribution >= 4 is 89.1 Å². The molecular weight excluding hydrogens is 1750 g/mol. The van der Waals surface area contributed by atoms with Crippen molar-refractivity contribution in [2.75, 3.05) is 0 Å². The lowest BCUT2D eigenvalue weighted by molar-refractivity contribution is 0.469. The lowest BCUT2D eigenvalue weighted by atomic mass is 9.86. The van der Waals surface area contributed by atoms with Gasteiger partial charge in [0.25, 0.3) is 0 Å². The van der Waals surface area contributed by atoms with Crippen LogP contribution in [-0.2, 0) is 91.0 Å². The highest BCUT2D eigenvalue weighted by Crippen LogP contribution is 2.35. The van der Waals surface area contributed by atoms with Gasteiger partial charge >= 0.3 is 0 Å². The van der Waals surface area contributed by atoms with E-state index in [0.717, 1.165) is 129 Å². The predicted octanol–water partition coefficient (Wildman–Crippen LogP) is 22.2. The molecule has 0 saturated carbocycles. The number of aromatic nitrogens is 32. The molecule has 0 saturated heterocycles. The summed E-state index contributed by atoms with van der Waals surface area (Å²) in [5.74, 6) is 1.02. The maximum Gasteiger partial charge on any atom is 0.163 e. The molecule has 0 aliphatic rings. The Kier molecular flexibility index (Phi) is 33.0. The molecule has 0 unspecified atom stereocenters. The van der Waals surface area contributed by atoms with Gasteiger partial charge in [-0.25, -0.2) is 73.8 Å². The quantitative estimate of drug-likeness (QED) is 0.136. The Morgan fingerprint density at radius 3 is 1.41 bits per heavy atom. The normalized spacial score (nSPS) is 12.1. The van der Waals surface area contributed by atoms with Crippen molar-refractivity contribution in [3.63, 3.8) is 0 Å². The molecule has 0 aliphatic carbocycles. The van der Waals surface area contributed by atoms with Gasteiger partial charge in [-0.05, 0) is 125 Å². The summed E-state index contributed by atoms with van der Waals surface area (Å²) in [6.45, 7) is 73.5. The minimum absolute atomic E-state index is 0.00947. The van der Waals surface area contributed by atoms with Crippen LogP contribution in [0, 0.1) is 26.2 Å². The summed E-state index contributed by atoms with van der Waals surface area (Å²) in [5, 5.41) is 32.7. The maximum absolute atomic E-state index is 4.58. The molecule has 0 radical (unpaired) electrons. The average Bonchev–Trinajstić information content (AvgIpc) is 1.69. The third-order valence-electron chi connectivity index (χ3n) is 22.2. The fourth-order valence-electron chi connectivity index (χ4n) is 15.2. The van der Waals surface area contributed by atoms with Gasteiger partial charge in [0, 0.05) is 154 Å². The first kappa shape index (κ1) is 108. The van der Waals surface area contributed by atoms with E-state index in [-0.39, 0.29) is 48.7 Å². The molecule has 0 fully saturated rings. The second-order valence-electron chi connectivity index (χ2n) is 46.2. The molecule has 140 heavy (non-hydrogen) atoms. The predicted molar refractivity (Wildman–Crippen MR) is 566 cm³/mol. The summed E-state index contributed by atoms with van der Waals surface area (Å²) in [4.78, 5) is 64.4. The lowest BCUT2D eigenvalue weighted by Crippen LogP contribution is -2.16. The van der Waals surface area contributed by atoms with Gasteiger partial charge in [0.05, 0.1) is 88.7 Å². The van der Waals surface area contributed by atoms with Crippen LogP contribution in [0.4, 0.5) is 0 Å². The Morgan fingerprint density at radius 1 is 0.336 bits per heavy atom. The molecule has 0 bridgehead atoms. The van der Waals surface area contributed by atoms with Crippen molar-refractivity contribution in [2.45, 2.75) is 284 Å². The van der Waals surface area contributed by atoms with E-state index in [4.69, 9.17) is 0 Å². The minimum Gasteiger partial charge on any atom is -0.334 e. The number of imidazole rings is 5. The first-order valence-corrected chi connectivity index (χ1v) is 47.4. The Labute approximate surface area is 825 Å². The minimum atomic E-state index is 0.00947. The third-order valence-corrected chi connectivity index (χ3v) is 22.2. The van der Waals surface area contributed by atoms with E-state index in [0.29, 0.717) is 5.41 Å². The van der Waals surface area contributed by atoms with Crippen LogP contribution in [0.3, 0.4) is 0 Å². The standard InChI is InChI=1S/C12H17N3.4C11H15N3.2C10H14N4.2C10H13N3.C7H7N3.C5H12/c1-8-6-10-14-9(2)11(12(3,4)5)15(10)13-7-8;1-11(2,3)8-7-14(4)10-9(8)12-5-6-13-10;2*1-11(2,3)9-5-6-12-10-8(9)7-13-14(10)4;1-8-13-10(11(2,3)4)9-7-12-5-6-14(8)9;1-10(2,3)8-7-9(12-5-11-8)14(4)6-13-7;1-10(2,3)8-7-5-13-14(4)9(7)12-6-11-8;1-10(2,3)8-4-5-13-7-11-12-9(13)6-8;1-10(2,3)8-4-5-9-11-6-7-13(9)12-8;1-10-5-9-6-3-2-4-8-7(6)10;1-5(2,3)4/h6-7H,1-5H3;4*5-7H,1-4H3;2*5-6H,1-4H3;2*4-7H,1-3H3;2-5H,1H3;1-4H3. The van der Waals surface area contributed by atoms with Crippen molar-refractivity contribution < 1.29 is 0 Å². The molecule has 0 spiro atoms. The molecule has 20 rings (SSSR count). The van der Waals surface area contributed by atoms with Crippen molar-refractivity contribution in [1.29, 1.82) is 0 Å². The molecule has 742 valence electrons. The second kappa shape index (κ2) is 42.8. The SMILES string of the molecule is CC(C)(C)C.CC(C)(C)c1ccc2nccn2n1.CC(C)(C)c1ccn2cnnc2c1.Cc1cnn2c(C(C)(C)C)c(C)nc2c1.Cc1nc(C(C)(C)C)c2cnccn12.Cn1cc(C(C)(C)C)c2nccnc21.Cn1cnc2c(C(C)(C)C)ncnc21.Cn1cnc2cccnc21.Cn1ncc2c(C(C)(C)C)ccnc21.Cn1ncc2c(C(C)(C)C)ccnc21.Cn1ncc2c(C(C)(C)C)ncnc21. The monoisotopic (exact) mass is 1900 g/mol. The van der Waals surface area contributed by atoms with Crippen LogP contribution in [0.25, 0.3) is 89.1 Å². The number of rotatable bonds is 0. The number of pyridine rings is 4. The van der Waals surface area contributed by atoms with E-state index >= 15 is 0 Å². The molecule has 20 aromatic heterocycles. The maximum atomic E-state index is 4.58. The Hall–Kier alpha value is -13.9. The molecule has 32 nitrogen and oxygen atoms in total. The zero-order valence-corrected chi connectivity index (χ0v) is 90.6. The Balaban J connectivity index is 0.000000159. The summed E-state index contributed by atoms with van der Waals surface area (Å²) in [5.41, 5.74) is 26.5. The first-order chi connectivity index (χ1) is 64.9. The molecule has 0 atom stereocenters. The lowest BCUT2D eigenvalue weighted by Gasteiger charge is -2.19. The van der Waals surface area contributed by atoms with Crippen LogP contribution in [0.15, 0.2) is 185 Å². The first-order valence-electron chi connectivity index (χ1n) is 47.4. The number of nitrogens with zero attached hydrogens (tertiary/aromatic N) is 32. The Bertz CT molecular complexity index is 6950. The largest absolute Gasteiger partial charge is 0.334 e. The fraction of sp³-hybridized carbons (Fsp3) is 0.463. The molecule has 32 heteroatoms. The molecule has 0 N–H and O–H groups in total. The van der Waals surface area contributed by atoms with Crippen LogP contribution in [0.2, 0.25) is 0 Å². The van der Waals surface area contributed by atoms with Crippen LogP contribution in [-0.4, -0.2) is 156 Å². The van der Waals surface area contributed by atoms with Gasteiger partial charge in [-0.3, -0.25) is 28.4 Å². The molecule has 0 aliphatic heterocycles. The van der Waals surface area contributed by atoms with Crippen LogP contribution < -0.4 is 0 Å². The van der Waals surface area contributed by atoms with E-state index in [1.165, 1.54) is 27.9 Å². The number of fused-ring (bicyclic) bond motifs is 10. The van der Waals surface area contributed by atoms with Gasteiger partial charge in [0.2, 0.25) is 0 Å². The van der Waals surface area contributed by atoms with Gasteiger partial charge < -0.3 is 18.1 Å². The van der Waals surface area contributed by atoms with Gasteiger partial charge in [-0.1, -0.05) is 215 Å². The van der Waals surface area contributed by atoms with Gasteiger partial charge in [-0.15, -0.1) is 10.2 Å². The van der Waals surface area contributed by atoms with Crippen LogP contribution in [0.5, 0.6) is 0 Å². The molecular formula is C108H150N32. The highest BCUT2D eigenvalue weighted by molar-refractivity contribution is 5.81. The number of aryl methyl sites for hydroxylation is 9. The van der Waals surface area contributed by atoms with Crippen molar-refractivity contribution in [3.05, 3.63) is 253 Å². The van der Waals surface area contributed by atoms with Gasteiger partial charge in [-0.2, -0.15) is 25.5 Å². The smallest absolute Gasteiger partial charge is 0.163 e. The van der Waals surface area contributed by atoms with Crippen molar-refractivity contribution in [1.82, 2.24) is 156 Å². The van der Waals surface area contributed by atoms with Crippen LogP contribution in [0.1, 0.15) is 282 Å². The van der Waals surface area contributed by atoms with E-state index in [1.54, 1.807) is 71.8 Å². The molecule has 0 amide bonds. The summed E-state index contributed by atoms with van der Waals surface area (Å²) in [6, 6.07) is 18.3. The molecule has 20 aromatic rings. The summed E-state index contributed by atoms with van der Waals surface area (Å²) >= 11 is 0. The highest BCUT2D eigenvalue weighted by Gasteiger charge is 2.28. The fourth-order valence-corrected chi connectivity index (χ4v) is 15.2.